The van der Waals surface area contributed by atoms with Crippen LogP contribution in [0.4, 0.5) is 0 Å². The highest BCUT2D eigenvalue weighted by Gasteiger charge is 2.50. The van der Waals surface area contributed by atoms with Crippen molar-refractivity contribution in [3.8, 4) is 0 Å². The Bertz CT molecular complexity index is 1170. The average molecular weight is 801 g/mol. The second kappa shape index (κ2) is 22.0. The van der Waals surface area contributed by atoms with Crippen molar-refractivity contribution in [1.29, 1.82) is 0 Å². The van der Waals surface area contributed by atoms with Crippen LogP contribution in [0.15, 0.2) is 0 Å². The number of rotatable bonds is 19. The van der Waals surface area contributed by atoms with Crippen LogP contribution in [0.1, 0.15) is 110 Å². The maximum absolute atomic E-state index is 12.4. The van der Waals surface area contributed by atoms with Crippen molar-refractivity contribution in [2.24, 2.45) is 34.8 Å². The van der Waals surface area contributed by atoms with E-state index in [1.165, 1.54) is 0 Å². The van der Waals surface area contributed by atoms with Crippen LogP contribution in [0.25, 0.3) is 0 Å². The van der Waals surface area contributed by atoms with Crippen molar-refractivity contribution in [3.05, 3.63) is 0 Å². The third-order valence-electron chi connectivity index (χ3n) is 14.0. The van der Waals surface area contributed by atoms with Gasteiger partial charge in [-0.1, -0.05) is 0 Å². The highest BCUT2D eigenvalue weighted by atomic mass is 16.5. The standard InChI is InChI=1S/C41H76N4O11/c1-24-8-11-41(20-38(50)51,19-27-9-12-44-37(42)15-27)36(45-24)22-54-35-17-28(16-34(53-3)39(35)52)40-30(10-13-46)32(49)18-29(56-40)6-4-26-5-7-31(48)33(14-26)55-23-43-21-25(2)47/h24-37,39-40,43-49,52H,4-23,42H2,1-3H3,(H,50,51). The van der Waals surface area contributed by atoms with Crippen molar-refractivity contribution in [2.45, 2.75) is 183 Å². The number of aliphatic hydroxyl groups is 5. The van der Waals surface area contributed by atoms with Crippen molar-refractivity contribution in [3.63, 3.8) is 0 Å². The molecule has 0 aromatic carbocycles. The highest BCUT2D eigenvalue weighted by Crippen LogP contribution is 2.46. The lowest BCUT2D eigenvalue weighted by Gasteiger charge is -2.50. The van der Waals surface area contributed by atoms with Gasteiger partial charge in [0.2, 0.25) is 0 Å². The molecule has 0 radical (unpaired) electrons. The first-order valence-electron chi connectivity index (χ1n) is 21.7. The number of hydrogen-bond donors (Lipinski definition) is 10. The smallest absolute Gasteiger partial charge is 0.303 e. The molecule has 3 aliphatic heterocycles. The first-order valence-corrected chi connectivity index (χ1v) is 21.7. The molecule has 3 heterocycles. The summed E-state index contributed by atoms with van der Waals surface area (Å²) < 4.78 is 25.4. The van der Waals surface area contributed by atoms with Gasteiger partial charge in [0.05, 0.1) is 74.8 Å². The number of aliphatic carboxylic acids is 1. The van der Waals surface area contributed by atoms with Crippen LogP contribution in [0.3, 0.4) is 0 Å². The molecule has 2 aliphatic carbocycles. The van der Waals surface area contributed by atoms with Gasteiger partial charge in [0.15, 0.2) is 0 Å². The molecule has 5 rings (SSSR count). The lowest BCUT2D eigenvalue weighted by atomic mass is 9.64. The zero-order valence-corrected chi connectivity index (χ0v) is 34.2. The molecule has 2 saturated carbocycles. The summed E-state index contributed by atoms with van der Waals surface area (Å²) in [5, 5.41) is 73.5. The minimum absolute atomic E-state index is 0.0325. The molecule has 15 nitrogen and oxygen atoms in total. The molecular formula is C41H76N4O11. The summed E-state index contributed by atoms with van der Waals surface area (Å²) in [5.41, 5.74) is 5.75. The van der Waals surface area contributed by atoms with E-state index in [0.29, 0.717) is 50.5 Å². The number of ether oxygens (including phenoxy) is 4. The Kier molecular flexibility index (Phi) is 18.1. The number of methoxy groups -OCH3 is 1. The number of piperidine rings is 2. The number of carbonyl (C=O) groups is 1. The van der Waals surface area contributed by atoms with Gasteiger partial charge in [-0.05, 0) is 133 Å². The van der Waals surface area contributed by atoms with Gasteiger partial charge in [0.25, 0.3) is 0 Å². The number of hydrogen-bond acceptors (Lipinski definition) is 14. The fourth-order valence-corrected chi connectivity index (χ4v) is 10.9. The molecule has 0 amide bonds. The van der Waals surface area contributed by atoms with Gasteiger partial charge in [-0.2, -0.15) is 0 Å². The Labute approximate surface area is 334 Å². The van der Waals surface area contributed by atoms with Gasteiger partial charge in [0.1, 0.15) is 6.10 Å². The van der Waals surface area contributed by atoms with Crippen LogP contribution in [0.2, 0.25) is 0 Å². The Morgan fingerprint density at radius 3 is 2.46 bits per heavy atom. The summed E-state index contributed by atoms with van der Waals surface area (Å²) in [7, 11) is 1.59. The van der Waals surface area contributed by atoms with Crippen molar-refractivity contribution in [1.82, 2.24) is 16.0 Å². The maximum atomic E-state index is 12.4. The van der Waals surface area contributed by atoms with E-state index in [0.717, 1.165) is 64.3 Å². The van der Waals surface area contributed by atoms with E-state index in [9.17, 15) is 35.4 Å². The second-order valence-corrected chi connectivity index (χ2v) is 18.3. The Hall–Kier alpha value is -1.05. The van der Waals surface area contributed by atoms with Crippen LogP contribution in [-0.4, -0.2) is 150 Å². The van der Waals surface area contributed by atoms with Crippen molar-refractivity contribution in [2.75, 3.05) is 40.1 Å². The predicted molar refractivity (Wildman–Crippen MR) is 209 cm³/mol. The molecule has 56 heavy (non-hydrogen) atoms. The van der Waals surface area contributed by atoms with Crippen LogP contribution < -0.4 is 21.7 Å². The van der Waals surface area contributed by atoms with E-state index >= 15 is 0 Å². The lowest BCUT2D eigenvalue weighted by molar-refractivity contribution is -0.200. The monoisotopic (exact) mass is 801 g/mol. The van der Waals surface area contributed by atoms with Gasteiger partial charge < -0.3 is 66.0 Å². The Balaban J connectivity index is 1.24. The van der Waals surface area contributed by atoms with Gasteiger partial charge in [-0.25, -0.2) is 0 Å². The first-order chi connectivity index (χ1) is 26.8. The largest absolute Gasteiger partial charge is 0.481 e. The van der Waals surface area contributed by atoms with E-state index in [4.69, 9.17) is 24.7 Å². The Morgan fingerprint density at radius 2 is 1.75 bits per heavy atom. The second-order valence-electron chi connectivity index (χ2n) is 18.3. The highest BCUT2D eigenvalue weighted by molar-refractivity contribution is 5.68. The summed E-state index contributed by atoms with van der Waals surface area (Å²) in [4.78, 5) is 12.4. The van der Waals surface area contributed by atoms with Crippen LogP contribution >= 0.6 is 0 Å². The summed E-state index contributed by atoms with van der Waals surface area (Å²) in [5.74, 6) is -0.579. The van der Waals surface area contributed by atoms with Gasteiger partial charge in [0, 0.05) is 38.3 Å². The summed E-state index contributed by atoms with van der Waals surface area (Å²) in [6, 6.07) is -0.0348. The predicted octanol–water partition coefficient (Wildman–Crippen LogP) is 1.20. The molecule has 5 fully saturated rings. The SMILES string of the molecule is COC1CC(C2OC(CCC3CCC(O)C(OCNCC(C)O)C3)CC(O)C2CCO)CC(OCC2NC(C)CCC2(CC(=O)O)CC2CCNC(N)C2)C1O. The molecule has 5 aliphatic rings. The third kappa shape index (κ3) is 12.7. The number of carboxylic acid groups (broad SMARTS) is 1. The molecule has 326 valence electrons. The quantitative estimate of drug-likeness (QED) is 0.0653. The topological polar surface area (TPSA) is 237 Å². The zero-order chi connectivity index (χ0) is 40.4. The van der Waals surface area contributed by atoms with E-state index in [-0.39, 0.29) is 74.8 Å². The normalized spacial score (nSPS) is 43.0. The number of nitrogens with two attached hydrogens (primary N) is 1. The lowest BCUT2D eigenvalue weighted by Crippen LogP contribution is -2.59. The molecule has 15 heteroatoms. The zero-order valence-electron chi connectivity index (χ0n) is 34.2. The van der Waals surface area contributed by atoms with E-state index < -0.39 is 48.0 Å². The average Bonchev–Trinajstić information content (AvgIpc) is 3.15. The molecule has 0 aromatic heterocycles. The Morgan fingerprint density at radius 1 is 0.964 bits per heavy atom. The minimum atomic E-state index is -0.895. The summed E-state index contributed by atoms with van der Waals surface area (Å²) in [6.07, 6.45) is 5.29. The third-order valence-corrected chi connectivity index (χ3v) is 14.0. The number of nitrogens with one attached hydrogen (secondary N) is 3. The molecule has 17 unspecified atom stereocenters. The van der Waals surface area contributed by atoms with Crippen molar-refractivity contribution < 1.29 is 54.4 Å². The molecule has 11 N–H and O–H groups in total. The van der Waals surface area contributed by atoms with Gasteiger partial charge in [-0.3, -0.25) is 10.1 Å². The molecule has 17 atom stereocenters. The first kappa shape index (κ1) is 46.0. The summed E-state index contributed by atoms with van der Waals surface area (Å²) >= 11 is 0. The molecule has 0 aromatic rings. The van der Waals surface area contributed by atoms with Crippen LogP contribution in [-0.2, 0) is 23.7 Å². The fourth-order valence-electron chi connectivity index (χ4n) is 10.9. The molecule has 0 spiro atoms. The van der Waals surface area contributed by atoms with Gasteiger partial charge in [-0.15, -0.1) is 0 Å². The number of carboxylic acids is 1. The van der Waals surface area contributed by atoms with E-state index in [1.54, 1.807) is 14.0 Å². The van der Waals surface area contributed by atoms with E-state index in [1.807, 2.05) is 0 Å². The minimum Gasteiger partial charge on any atom is -0.481 e. The number of aliphatic hydroxyl groups excluding tert-OH is 5. The van der Waals surface area contributed by atoms with Gasteiger partial charge >= 0.3 is 5.97 Å². The van der Waals surface area contributed by atoms with Crippen molar-refractivity contribution >= 4 is 5.97 Å². The van der Waals surface area contributed by atoms with E-state index in [2.05, 4.69) is 22.9 Å². The molecule has 3 saturated heterocycles. The van der Waals surface area contributed by atoms with Crippen LogP contribution in [0, 0.1) is 29.1 Å². The molecule has 0 bridgehead atoms. The summed E-state index contributed by atoms with van der Waals surface area (Å²) in [6.45, 7) is 5.49. The molecular weight excluding hydrogens is 724 g/mol. The van der Waals surface area contributed by atoms with Crippen LogP contribution in [0.5, 0.6) is 0 Å². The maximum Gasteiger partial charge on any atom is 0.303 e. The fraction of sp³-hybridized carbons (Fsp3) is 0.976.